The van der Waals surface area contributed by atoms with Crippen LogP contribution in [0, 0.1) is 0 Å². The summed E-state index contributed by atoms with van der Waals surface area (Å²) in [5.41, 5.74) is 5.17. The van der Waals surface area contributed by atoms with Gasteiger partial charge in [0.05, 0.1) is 9.40 Å². The predicted octanol–water partition coefficient (Wildman–Crippen LogP) is 12.1. The van der Waals surface area contributed by atoms with E-state index in [1.165, 1.54) is 84.1 Å². The minimum absolute atomic E-state index is 1.26. The summed E-state index contributed by atoms with van der Waals surface area (Å²) in [4.78, 5) is 0. The highest BCUT2D eigenvalue weighted by atomic mass is 32.1. The van der Waals surface area contributed by atoms with Crippen LogP contribution in [-0.4, -0.2) is 0 Å². The third-order valence-electron chi connectivity index (χ3n) is 8.24. The first kappa shape index (κ1) is 22.3. The molecule has 0 fully saturated rings. The van der Waals surface area contributed by atoms with Crippen LogP contribution in [0.25, 0.3) is 84.1 Å². The minimum Gasteiger partial charge on any atom is -0.134 e. The Balaban J connectivity index is 1.37. The van der Waals surface area contributed by atoms with Crippen molar-refractivity contribution in [2.45, 2.75) is 0 Å². The fourth-order valence-corrected chi connectivity index (χ4v) is 9.08. The Kier molecular flexibility index (Phi) is 4.74. The topological polar surface area (TPSA) is 0 Å². The Morgan fingerprint density at radius 3 is 1.48 bits per heavy atom. The summed E-state index contributed by atoms with van der Waals surface area (Å²) in [5.74, 6) is 0. The van der Waals surface area contributed by atoms with Gasteiger partial charge in [0.25, 0.3) is 0 Å². The van der Waals surface area contributed by atoms with Crippen LogP contribution in [0.15, 0.2) is 133 Å². The van der Waals surface area contributed by atoms with Crippen molar-refractivity contribution in [1.82, 2.24) is 0 Å². The van der Waals surface area contributed by atoms with Gasteiger partial charge in [0, 0.05) is 20.2 Å². The number of rotatable bonds is 2. The lowest BCUT2D eigenvalue weighted by Gasteiger charge is -2.18. The van der Waals surface area contributed by atoms with Crippen LogP contribution in [0.4, 0.5) is 0 Å². The maximum absolute atomic E-state index is 2.44. The van der Waals surface area contributed by atoms with E-state index in [0.717, 1.165) is 0 Å². The summed E-state index contributed by atoms with van der Waals surface area (Å²) in [6.45, 7) is 0. The summed E-state index contributed by atoms with van der Waals surface area (Å²) in [6, 6.07) is 49.3. The summed E-state index contributed by atoms with van der Waals surface area (Å²) >= 11 is 3.84. The largest absolute Gasteiger partial charge is 0.134 e. The summed E-state index contributed by atoms with van der Waals surface area (Å²) in [6.07, 6.45) is 0. The number of thiophene rings is 2. The third-order valence-corrected chi connectivity index (χ3v) is 10.8. The van der Waals surface area contributed by atoms with E-state index in [4.69, 9.17) is 0 Å². The monoisotopic (exact) mass is 542 g/mol. The highest BCUT2D eigenvalue weighted by molar-refractivity contribution is 7.36. The van der Waals surface area contributed by atoms with Gasteiger partial charge in [-0.15, -0.1) is 22.7 Å². The molecule has 0 spiro atoms. The Bertz CT molecular complexity index is 2380. The molecular formula is C38H22S2. The highest BCUT2D eigenvalue weighted by Gasteiger charge is 2.18. The van der Waals surface area contributed by atoms with E-state index in [2.05, 4.69) is 133 Å². The zero-order chi connectivity index (χ0) is 26.2. The minimum atomic E-state index is 1.26. The predicted molar refractivity (Wildman–Crippen MR) is 178 cm³/mol. The Morgan fingerprint density at radius 2 is 0.800 bits per heavy atom. The summed E-state index contributed by atoms with van der Waals surface area (Å²) in [7, 11) is 0. The number of benzene rings is 7. The molecule has 2 aromatic heterocycles. The molecule has 9 rings (SSSR count). The van der Waals surface area contributed by atoms with Gasteiger partial charge in [-0.1, -0.05) is 109 Å². The second kappa shape index (κ2) is 8.50. The molecule has 0 saturated carbocycles. The highest BCUT2D eigenvalue weighted by Crippen LogP contribution is 2.48. The Hall–Kier alpha value is -4.50. The Morgan fingerprint density at radius 1 is 0.325 bits per heavy atom. The van der Waals surface area contributed by atoms with E-state index >= 15 is 0 Å². The van der Waals surface area contributed by atoms with Crippen LogP contribution in [0.2, 0.25) is 0 Å². The van der Waals surface area contributed by atoms with Crippen LogP contribution in [0.3, 0.4) is 0 Å². The molecule has 0 unspecified atom stereocenters. The van der Waals surface area contributed by atoms with E-state index in [1.807, 2.05) is 22.7 Å². The molecule has 0 nitrogen and oxygen atoms in total. The number of hydrogen-bond acceptors (Lipinski definition) is 2. The van der Waals surface area contributed by atoms with E-state index < -0.39 is 0 Å². The normalized spacial score (nSPS) is 12.0. The van der Waals surface area contributed by atoms with E-state index in [1.54, 1.807) is 0 Å². The lowest BCUT2D eigenvalue weighted by molar-refractivity contribution is 1.69. The number of fused-ring (bicyclic) bond motifs is 8. The standard InChI is InChI=1S/C38H22S2/c1-2-10-24-21-25(18-17-23(24)9-1)35-27-11-3-5-13-29(27)36(30-14-6-4-12-28(30)35)26-19-20-34-32(22-26)38-37(40-34)31-15-7-8-16-33(31)39-38/h1-22H. The molecular weight excluding hydrogens is 521 g/mol. The van der Waals surface area contributed by atoms with Gasteiger partial charge >= 0.3 is 0 Å². The fraction of sp³-hybridized carbons (Fsp3) is 0. The van der Waals surface area contributed by atoms with Gasteiger partial charge in [-0.3, -0.25) is 0 Å². The van der Waals surface area contributed by atoms with E-state index in [9.17, 15) is 0 Å². The van der Waals surface area contributed by atoms with Crippen molar-refractivity contribution in [2.75, 3.05) is 0 Å². The molecule has 0 aliphatic carbocycles. The van der Waals surface area contributed by atoms with Gasteiger partial charge in [-0.2, -0.15) is 0 Å². The quantitative estimate of drug-likeness (QED) is 0.191. The molecule has 0 amide bonds. The van der Waals surface area contributed by atoms with Gasteiger partial charge in [0.1, 0.15) is 0 Å². The van der Waals surface area contributed by atoms with Crippen LogP contribution < -0.4 is 0 Å². The van der Waals surface area contributed by atoms with Crippen LogP contribution in [-0.2, 0) is 0 Å². The summed E-state index contributed by atoms with van der Waals surface area (Å²) in [5, 5.41) is 10.5. The first-order valence-corrected chi connectivity index (χ1v) is 15.2. The first-order valence-electron chi connectivity index (χ1n) is 13.6. The molecule has 2 heteroatoms. The molecule has 0 aliphatic heterocycles. The molecule has 0 radical (unpaired) electrons. The lowest BCUT2D eigenvalue weighted by Crippen LogP contribution is -1.90. The maximum Gasteiger partial charge on any atom is 0.0542 e. The number of hydrogen-bond donors (Lipinski definition) is 0. The second-order valence-corrected chi connectivity index (χ2v) is 12.6. The average Bonchev–Trinajstić information content (AvgIpc) is 3.55. The van der Waals surface area contributed by atoms with Crippen molar-refractivity contribution in [3.63, 3.8) is 0 Å². The van der Waals surface area contributed by atoms with Gasteiger partial charge in [-0.25, -0.2) is 0 Å². The SMILES string of the molecule is c1ccc2cc(-c3c4ccccc4c(-c4ccc5sc6c7ccccc7sc6c5c4)c4ccccc34)ccc2c1. The van der Waals surface area contributed by atoms with Crippen LogP contribution in [0.5, 0.6) is 0 Å². The molecule has 186 valence electrons. The molecule has 7 aromatic carbocycles. The molecule has 0 atom stereocenters. The van der Waals surface area contributed by atoms with Gasteiger partial charge in [0.2, 0.25) is 0 Å². The molecule has 0 saturated heterocycles. The fourth-order valence-electron chi connectivity index (χ4n) is 6.46. The van der Waals surface area contributed by atoms with Crippen LogP contribution >= 0.6 is 22.7 Å². The van der Waals surface area contributed by atoms with Crippen molar-refractivity contribution >= 4 is 84.6 Å². The smallest absolute Gasteiger partial charge is 0.0542 e. The first-order chi connectivity index (χ1) is 19.8. The second-order valence-electron chi connectivity index (χ2n) is 10.5. The van der Waals surface area contributed by atoms with Crippen molar-refractivity contribution < 1.29 is 0 Å². The van der Waals surface area contributed by atoms with Gasteiger partial charge < -0.3 is 0 Å². The lowest BCUT2D eigenvalue weighted by atomic mass is 9.85. The average molecular weight is 543 g/mol. The van der Waals surface area contributed by atoms with Crippen molar-refractivity contribution in [2.24, 2.45) is 0 Å². The maximum atomic E-state index is 2.44. The van der Waals surface area contributed by atoms with Crippen molar-refractivity contribution in [1.29, 1.82) is 0 Å². The van der Waals surface area contributed by atoms with Crippen molar-refractivity contribution in [3.8, 4) is 22.3 Å². The van der Waals surface area contributed by atoms with Gasteiger partial charge in [-0.05, 0) is 78.8 Å². The molecule has 0 aliphatic rings. The zero-order valence-electron chi connectivity index (χ0n) is 21.5. The zero-order valence-corrected chi connectivity index (χ0v) is 23.2. The van der Waals surface area contributed by atoms with E-state index in [-0.39, 0.29) is 0 Å². The van der Waals surface area contributed by atoms with Crippen LogP contribution in [0.1, 0.15) is 0 Å². The molecule has 9 aromatic rings. The van der Waals surface area contributed by atoms with Crippen molar-refractivity contribution in [3.05, 3.63) is 133 Å². The molecule has 0 N–H and O–H groups in total. The summed E-state index contributed by atoms with van der Waals surface area (Å²) < 4.78 is 5.54. The third kappa shape index (κ3) is 3.18. The molecule has 40 heavy (non-hydrogen) atoms. The van der Waals surface area contributed by atoms with Gasteiger partial charge in [0.15, 0.2) is 0 Å². The molecule has 0 bridgehead atoms. The Labute approximate surface area is 239 Å². The molecule has 2 heterocycles. The van der Waals surface area contributed by atoms with E-state index in [0.29, 0.717) is 0 Å².